The van der Waals surface area contributed by atoms with Gasteiger partial charge in [-0.2, -0.15) is 0 Å². The average molecular weight is 331 g/mol. The third kappa shape index (κ3) is 3.99. The highest BCUT2D eigenvalue weighted by molar-refractivity contribution is 7.90. The smallest absolute Gasteiger partial charge is 0.254 e. The number of carbonyl (C=O) groups excluding carboxylic acids is 1. The number of benzene rings is 2. The first-order chi connectivity index (χ1) is 10.7. The highest BCUT2D eigenvalue weighted by Gasteiger charge is 2.18. The van der Waals surface area contributed by atoms with Crippen LogP contribution in [0.3, 0.4) is 0 Å². The van der Waals surface area contributed by atoms with Crippen LogP contribution < -0.4 is 0 Å². The standard InChI is InChI=1S/C18H21NO3S/c1-13-7-5-6-8-15(13)12-19(3)18(20)17-11-16(23(4,21)22)10-9-14(17)2/h5-11H,12H2,1-4H3. The van der Waals surface area contributed by atoms with Crippen molar-refractivity contribution < 1.29 is 13.2 Å². The summed E-state index contributed by atoms with van der Waals surface area (Å²) in [6.07, 6.45) is 1.14. The topological polar surface area (TPSA) is 54.5 Å². The van der Waals surface area contributed by atoms with Crippen molar-refractivity contribution in [3.63, 3.8) is 0 Å². The largest absolute Gasteiger partial charge is 0.337 e. The molecule has 0 N–H and O–H groups in total. The molecule has 1 amide bonds. The van der Waals surface area contributed by atoms with E-state index in [1.165, 1.54) is 12.1 Å². The molecular formula is C18H21NO3S. The first kappa shape index (κ1) is 17.2. The van der Waals surface area contributed by atoms with E-state index in [0.29, 0.717) is 12.1 Å². The molecule has 0 spiro atoms. The third-order valence-corrected chi connectivity index (χ3v) is 4.99. The number of amides is 1. The Balaban J connectivity index is 2.31. The van der Waals surface area contributed by atoms with Crippen LogP contribution in [0.5, 0.6) is 0 Å². The fourth-order valence-corrected chi connectivity index (χ4v) is 3.03. The van der Waals surface area contributed by atoms with Crippen LogP contribution in [0, 0.1) is 13.8 Å². The lowest BCUT2D eigenvalue weighted by molar-refractivity contribution is 0.0784. The second-order valence-electron chi connectivity index (χ2n) is 5.84. The van der Waals surface area contributed by atoms with Crippen molar-refractivity contribution in [3.05, 3.63) is 64.7 Å². The molecule has 0 aliphatic rings. The Morgan fingerprint density at radius 3 is 2.30 bits per heavy atom. The molecule has 0 fully saturated rings. The summed E-state index contributed by atoms with van der Waals surface area (Å²) in [6, 6.07) is 12.5. The van der Waals surface area contributed by atoms with E-state index in [-0.39, 0.29) is 10.8 Å². The van der Waals surface area contributed by atoms with E-state index in [1.54, 1.807) is 24.9 Å². The zero-order chi connectivity index (χ0) is 17.2. The van der Waals surface area contributed by atoms with Crippen LogP contribution in [0.15, 0.2) is 47.4 Å². The molecular weight excluding hydrogens is 310 g/mol. The lowest BCUT2D eigenvalue weighted by Gasteiger charge is -2.20. The van der Waals surface area contributed by atoms with Gasteiger partial charge in [0.25, 0.3) is 5.91 Å². The summed E-state index contributed by atoms with van der Waals surface area (Å²) >= 11 is 0. The van der Waals surface area contributed by atoms with Crippen molar-refractivity contribution in [2.24, 2.45) is 0 Å². The number of rotatable bonds is 4. The molecule has 0 aliphatic heterocycles. The molecule has 0 saturated heterocycles. The SMILES string of the molecule is Cc1ccccc1CN(C)C(=O)c1cc(S(C)(=O)=O)ccc1C. The van der Waals surface area contributed by atoms with Gasteiger partial charge in [0.15, 0.2) is 9.84 Å². The molecule has 2 rings (SSSR count). The average Bonchev–Trinajstić information content (AvgIpc) is 2.48. The molecule has 0 heterocycles. The Hall–Kier alpha value is -2.14. The van der Waals surface area contributed by atoms with Crippen molar-refractivity contribution in [2.45, 2.75) is 25.3 Å². The maximum Gasteiger partial charge on any atom is 0.254 e. The number of sulfone groups is 1. The quantitative estimate of drug-likeness (QED) is 0.865. The zero-order valence-electron chi connectivity index (χ0n) is 13.8. The number of carbonyl (C=O) groups is 1. The molecule has 2 aromatic carbocycles. The van der Waals surface area contributed by atoms with E-state index in [9.17, 15) is 13.2 Å². The number of aryl methyl sites for hydroxylation is 2. The van der Waals surface area contributed by atoms with Crippen LogP contribution in [-0.2, 0) is 16.4 Å². The number of nitrogens with zero attached hydrogens (tertiary/aromatic N) is 1. The van der Waals surface area contributed by atoms with Crippen LogP contribution >= 0.6 is 0 Å². The van der Waals surface area contributed by atoms with Crippen molar-refractivity contribution in [3.8, 4) is 0 Å². The number of hydrogen-bond donors (Lipinski definition) is 0. The second-order valence-corrected chi connectivity index (χ2v) is 7.85. The van der Waals surface area contributed by atoms with Crippen LogP contribution in [-0.4, -0.2) is 32.5 Å². The monoisotopic (exact) mass is 331 g/mol. The molecule has 0 bridgehead atoms. The lowest BCUT2D eigenvalue weighted by atomic mass is 10.1. The van der Waals surface area contributed by atoms with Gasteiger partial charge in [-0.1, -0.05) is 30.3 Å². The lowest BCUT2D eigenvalue weighted by Crippen LogP contribution is -2.27. The predicted molar refractivity (Wildman–Crippen MR) is 91.3 cm³/mol. The molecule has 23 heavy (non-hydrogen) atoms. The number of hydrogen-bond acceptors (Lipinski definition) is 3. The van der Waals surface area contributed by atoms with E-state index < -0.39 is 9.84 Å². The maximum atomic E-state index is 12.7. The minimum atomic E-state index is -3.34. The highest BCUT2D eigenvalue weighted by Crippen LogP contribution is 2.18. The maximum absolute atomic E-state index is 12.7. The van der Waals surface area contributed by atoms with Gasteiger partial charge < -0.3 is 4.90 Å². The van der Waals surface area contributed by atoms with E-state index in [0.717, 1.165) is 22.9 Å². The fraction of sp³-hybridized carbons (Fsp3) is 0.278. The zero-order valence-corrected chi connectivity index (χ0v) is 14.6. The third-order valence-electron chi connectivity index (χ3n) is 3.88. The van der Waals surface area contributed by atoms with E-state index >= 15 is 0 Å². The summed E-state index contributed by atoms with van der Waals surface area (Å²) in [4.78, 5) is 14.5. The summed E-state index contributed by atoms with van der Waals surface area (Å²) in [7, 11) is -1.61. The molecule has 0 aliphatic carbocycles. The predicted octanol–water partition coefficient (Wildman–Crippen LogP) is 2.98. The summed E-state index contributed by atoms with van der Waals surface area (Å²) in [5.41, 5.74) is 3.37. The van der Waals surface area contributed by atoms with Crippen molar-refractivity contribution in [2.75, 3.05) is 13.3 Å². The van der Waals surface area contributed by atoms with Gasteiger partial charge in [0.2, 0.25) is 0 Å². The minimum Gasteiger partial charge on any atom is -0.337 e. The van der Waals surface area contributed by atoms with E-state index in [1.807, 2.05) is 31.2 Å². The first-order valence-electron chi connectivity index (χ1n) is 7.31. The molecule has 0 saturated carbocycles. The van der Waals surface area contributed by atoms with Crippen LogP contribution in [0.1, 0.15) is 27.0 Å². The van der Waals surface area contributed by atoms with Gasteiger partial charge >= 0.3 is 0 Å². The fourth-order valence-electron chi connectivity index (χ4n) is 2.38. The van der Waals surface area contributed by atoms with E-state index in [2.05, 4.69) is 0 Å². The summed E-state index contributed by atoms with van der Waals surface area (Å²) < 4.78 is 23.4. The van der Waals surface area contributed by atoms with Gasteiger partial charge in [0.05, 0.1) is 4.90 Å². The highest BCUT2D eigenvalue weighted by atomic mass is 32.2. The van der Waals surface area contributed by atoms with E-state index in [4.69, 9.17) is 0 Å². The summed E-state index contributed by atoms with van der Waals surface area (Å²) in [6.45, 7) is 4.29. The Morgan fingerprint density at radius 1 is 1.04 bits per heavy atom. The van der Waals surface area contributed by atoms with Crippen molar-refractivity contribution in [1.82, 2.24) is 4.90 Å². The van der Waals surface area contributed by atoms with Crippen LogP contribution in [0.25, 0.3) is 0 Å². The normalized spacial score (nSPS) is 11.3. The van der Waals surface area contributed by atoms with Gasteiger partial charge in [-0.15, -0.1) is 0 Å². The molecule has 5 heteroatoms. The minimum absolute atomic E-state index is 0.163. The molecule has 2 aromatic rings. The Morgan fingerprint density at radius 2 is 1.70 bits per heavy atom. The molecule has 0 unspecified atom stereocenters. The summed E-state index contributed by atoms with van der Waals surface area (Å²) in [5.74, 6) is -0.184. The first-order valence-corrected chi connectivity index (χ1v) is 9.20. The summed E-state index contributed by atoms with van der Waals surface area (Å²) in [5, 5.41) is 0. The Labute approximate surface area is 137 Å². The molecule has 4 nitrogen and oxygen atoms in total. The van der Waals surface area contributed by atoms with Crippen molar-refractivity contribution in [1.29, 1.82) is 0 Å². The molecule has 122 valence electrons. The Bertz CT molecular complexity index is 841. The van der Waals surface area contributed by atoms with Crippen LogP contribution in [0.4, 0.5) is 0 Å². The van der Waals surface area contributed by atoms with Crippen LogP contribution in [0.2, 0.25) is 0 Å². The van der Waals surface area contributed by atoms with Crippen molar-refractivity contribution >= 4 is 15.7 Å². The van der Waals surface area contributed by atoms with Gasteiger partial charge in [0.1, 0.15) is 0 Å². The van der Waals surface area contributed by atoms with Gasteiger partial charge in [0, 0.05) is 25.4 Å². The molecule has 0 radical (unpaired) electrons. The van der Waals surface area contributed by atoms with Gasteiger partial charge in [-0.25, -0.2) is 8.42 Å². The van der Waals surface area contributed by atoms with Gasteiger partial charge in [-0.3, -0.25) is 4.79 Å². The van der Waals surface area contributed by atoms with Gasteiger partial charge in [-0.05, 0) is 42.7 Å². The second kappa shape index (κ2) is 6.54. The molecule has 0 atom stereocenters. The molecule has 0 aromatic heterocycles. The Kier molecular flexibility index (Phi) is 4.90.